The fourth-order valence-corrected chi connectivity index (χ4v) is 3.10. The Morgan fingerprint density at radius 1 is 1.35 bits per heavy atom. The van der Waals surface area contributed by atoms with Gasteiger partial charge in [-0.25, -0.2) is 9.97 Å². The molecule has 0 aliphatic carbocycles. The summed E-state index contributed by atoms with van der Waals surface area (Å²) in [5.41, 5.74) is 2.03. The first-order valence-electron chi connectivity index (χ1n) is 6.26. The number of halogens is 3. The van der Waals surface area contributed by atoms with Crippen molar-refractivity contribution in [3.05, 3.63) is 37.0 Å². The normalized spacial score (nSPS) is 10.7. The fraction of sp³-hybridized carbons (Fsp3) is 0.286. The lowest BCUT2D eigenvalue weighted by Crippen LogP contribution is -2.05. The molecule has 2 rings (SSSR count). The Kier molecular flexibility index (Phi) is 5.63. The first kappa shape index (κ1) is 16.0. The lowest BCUT2D eigenvalue weighted by molar-refractivity contribution is 0.868. The van der Waals surface area contributed by atoms with Gasteiger partial charge >= 0.3 is 0 Å². The zero-order valence-corrected chi connectivity index (χ0v) is 15.7. The zero-order valence-electron chi connectivity index (χ0n) is 11.2. The Hall–Kier alpha value is -0.400. The molecule has 0 saturated carbocycles. The first-order valence-corrected chi connectivity index (χ1v) is 8.51. The molecular weight excluding hydrogens is 452 g/mol. The number of hydrogen-bond donors (Lipinski definition) is 1. The molecule has 20 heavy (non-hydrogen) atoms. The maximum absolute atomic E-state index is 6.03. The number of nitrogens with zero attached hydrogens (tertiary/aromatic N) is 2. The first-order chi connectivity index (χ1) is 9.56. The molecule has 0 aliphatic heterocycles. The van der Waals surface area contributed by atoms with E-state index in [1.807, 2.05) is 25.2 Å². The number of aromatic nitrogens is 2. The van der Waals surface area contributed by atoms with Crippen molar-refractivity contribution in [1.82, 2.24) is 9.97 Å². The highest BCUT2D eigenvalue weighted by molar-refractivity contribution is 14.1. The van der Waals surface area contributed by atoms with E-state index in [9.17, 15) is 0 Å². The molecule has 0 bridgehead atoms. The van der Waals surface area contributed by atoms with Crippen LogP contribution in [0.1, 0.15) is 19.0 Å². The molecule has 1 N–H and O–H groups in total. The van der Waals surface area contributed by atoms with Crippen LogP contribution in [0.25, 0.3) is 11.4 Å². The van der Waals surface area contributed by atoms with Crippen molar-refractivity contribution in [3.63, 3.8) is 0 Å². The fourth-order valence-electron chi connectivity index (χ4n) is 1.83. The summed E-state index contributed by atoms with van der Waals surface area (Å²) >= 11 is 11.8. The monoisotopic (exact) mass is 465 g/mol. The molecule has 0 amide bonds. The standard InChI is InChI=1S/C14H14BrClIN3/c1-3-4-11-12(17)14(18-2)20-13(19-11)8-5-6-10(16)9(15)7-8/h5-7H,3-4H2,1-2H3,(H,18,19,20). The number of hydrogen-bond acceptors (Lipinski definition) is 3. The molecular formula is C14H14BrClIN3. The van der Waals surface area contributed by atoms with Crippen LogP contribution in [0.15, 0.2) is 22.7 Å². The van der Waals surface area contributed by atoms with E-state index in [-0.39, 0.29) is 0 Å². The molecule has 3 nitrogen and oxygen atoms in total. The summed E-state index contributed by atoms with van der Waals surface area (Å²) in [5, 5.41) is 3.82. The van der Waals surface area contributed by atoms with Gasteiger partial charge in [-0.05, 0) is 63.1 Å². The third kappa shape index (κ3) is 3.43. The van der Waals surface area contributed by atoms with Crippen LogP contribution in [-0.4, -0.2) is 17.0 Å². The summed E-state index contributed by atoms with van der Waals surface area (Å²) in [4.78, 5) is 9.27. The Morgan fingerprint density at radius 3 is 2.70 bits per heavy atom. The van der Waals surface area contributed by atoms with Crippen LogP contribution >= 0.6 is 50.1 Å². The van der Waals surface area contributed by atoms with Gasteiger partial charge in [0.05, 0.1) is 14.3 Å². The third-order valence-electron chi connectivity index (χ3n) is 2.82. The average Bonchev–Trinajstić information content (AvgIpc) is 2.44. The topological polar surface area (TPSA) is 37.8 Å². The Bertz CT molecular complexity index is 634. The van der Waals surface area contributed by atoms with Gasteiger partial charge in [-0.3, -0.25) is 0 Å². The molecule has 0 unspecified atom stereocenters. The molecule has 1 heterocycles. The van der Waals surface area contributed by atoms with E-state index >= 15 is 0 Å². The van der Waals surface area contributed by atoms with Gasteiger partial charge in [-0.1, -0.05) is 24.9 Å². The molecule has 106 valence electrons. The van der Waals surface area contributed by atoms with Crippen molar-refractivity contribution in [3.8, 4) is 11.4 Å². The van der Waals surface area contributed by atoms with Crippen LogP contribution < -0.4 is 5.32 Å². The predicted molar refractivity (Wildman–Crippen MR) is 96.4 cm³/mol. The van der Waals surface area contributed by atoms with Crippen LogP contribution in [0.3, 0.4) is 0 Å². The highest BCUT2D eigenvalue weighted by Crippen LogP contribution is 2.29. The van der Waals surface area contributed by atoms with Crippen LogP contribution in [0, 0.1) is 3.57 Å². The van der Waals surface area contributed by atoms with E-state index in [2.05, 4.69) is 60.7 Å². The number of anilines is 1. The van der Waals surface area contributed by atoms with Crippen LogP contribution in [0.5, 0.6) is 0 Å². The summed E-state index contributed by atoms with van der Waals surface area (Å²) in [5.74, 6) is 1.58. The van der Waals surface area contributed by atoms with Crippen molar-refractivity contribution >= 4 is 55.9 Å². The van der Waals surface area contributed by atoms with E-state index in [1.165, 1.54) is 0 Å². The van der Waals surface area contributed by atoms with Crippen LogP contribution in [0.4, 0.5) is 5.82 Å². The highest BCUT2D eigenvalue weighted by atomic mass is 127. The summed E-state index contributed by atoms with van der Waals surface area (Å²) in [6, 6.07) is 5.73. The smallest absolute Gasteiger partial charge is 0.161 e. The van der Waals surface area contributed by atoms with Crippen LogP contribution in [-0.2, 0) is 6.42 Å². The summed E-state index contributed by atoms with van der Waals surface area (Å²) < 4.78 is 1.94. The molecule has 6 heteroatoms. The second kappa shape index (κ2) is 7.04. The Labute approximate surface area is 145 Å². The van der Waals surface area contributed by atoms with E-state index < -0.39 is 0 Å². The van der Waals surface area contributed by atoms with Gasteiger partial charge in [0, 0.05) is 17.1 Å². The number of benzene rings is 1. The van der Waals surface area contributed by atoms with E-state index in [0.29, 0.717) is 5.02 Å². The van der Waals surface area contributed by atoms with E-state index in [0.717, 1.165) is 43.8 Å². The van der Waals surface area contributed by atoms with Gasteiger partial charge < -0.3 is 5.32 Å². The van der Waals surface area contributed by atoms with Gasteiger partial charge in [-0.15, -0.1) is 0 Å². The Balaban J connectivity index is 2.55. The lowest BCUT2D eigenvalue weighted by atomic mass is 10.2. The molecule has 1 aromatic heterocycles. The van der Waals surface area contributed by atoms with E-state index in [4.69, 9.17) is 11.6 Å². The number of nitrogens with one attached hydrogen (secondary N) is 1. The maximum Gasteiger partial charge on any atom is 0.161 e. The molecule has 0 fully saturated rings. The summed E-state index contributed by atoms with van der Waals surface area (Å²) in [6.07, 6.45) is 2.00. The van der Waals surface area contributed by atoms with Crippen LogP contribution in [0.2, 0.25) is 5.02 Å². The van der Waals surface area contributed by atoms with Gasteiger partial charge in [0.1, 0.15) is 5.82 Å². The molecule has 2 aromatic rings. The second-order valence-electron chi connectivity index (χ2n) is 4.29. The van der Waals surface area contributed by atoms with Crippen molar-refractivity contribution in [2.24, 2.45) is 0 Å². The largest absolute Gasteiger partial charge is 0.372 e. The van der Waals surface area contributed by atoms with Gasteiger partial charge in [-0.2, -0.15) is 0 Å². The molecule has 0 saturated heterocycles. The number of aryl methyl sites for hydroxylation is 1. The van der Waals surface area contributed by atoms with E-state index in [1.54, 1.807) is 0 Å². The molecule has 0 radical (unpaired) electrons. The van der Waals surface area contributed by atoms with Crippen molar-refractivity contribution in [2.75, 3.05) is 12.4 Å². The highest BCUT2D eigenvalue weighted by Gasteiger charge is 2.12. The maximum atomic E-state index is 6.03. The SMILES string of the molecule is CCCc1nc(-c2ccc(Cl)c(Br)c2)nc(NC)c1I. The zero-order chi connectivity index (χ0) is 14.7. The van der Waals surface area contributed by atoms with Gasteiger partial charge in [0.2, 0.25) is 0 Å². The quantitative estimate of drug-likeness (QED) is 0.633. The minimum Gasteiger partial charge on any atom is -0.372 e. The van der Waals surface area contributed by atoms with Crippen molar-refractivity contribution < 1.29 is 0 Å². The minimum atomic E-state index is 0.682. The van der Waals surface area contributed by atoms with Crippen molar-refractivity contribution in [1.29, 1.82) is 0 Å². The third-order valence-corrected chi connectivity index (χ3v) is 5.17. The lowest BCUT2D eigenvalue weighted by Gasteiger charge is -2.11. The minimum absolute atomic E-state index is 0.682. The average molecular weight is 467 g/mol. The predicted octanol–water partition coefficient (Wildman–Crippen LogP) is 5.16. The summed E-state index contributed by atoms with van der Waals surface area (Å²) in [6.45, 7) is 2.15. The molecule has 0 atom stereocenters. The van der Waals surface area contributed by atoms with Crippen molar-refractivity contribution in [2.45, 2.75) is 19.8 Å². The van der Waals surface area contributed by atoms with Gasteiger partial charge in [0.25, 0.3) is 0 Å². The molecule has 0 spiro atoms. The molecule has 0 aliphatic rings. The number of rotatable bonds is 4. The van der Waals surface area contributed by atoms with Gasteiger partial charge in [0.15, 0.2) is 5.82 Å². The Morgan fingerprint density at radius 2 is 2.10 bits per heavy atom. The second-order valence-corrected chi connectivity index (χ2v) is 6.63. The summed E-state index contributed by atoms with van der Waals surface area (Å²) in [7, 11) is 1.88. The molecule has 1 aromatic carbocycles.